The van der Waals surface area contributed by atoms with E-state index in [4.69, 9.17) is 9.57 Å². The molecule has 0 unspecified atom stereocenters. The van der Waals surface area contributed by atoms with E-state index in [0.717, 1.165) is 18.2 Å². The van der Waals surface area contributed by atoms with Crippen LogP contribution in [0.1, 0.15) is 44.0 Å². The molecule has 0 aliphatic carbocycles. The van der Waals surface area contributed by atoms with E-state index in [1.807, 2.05) is 6.07 Å². The van der Waals surface area contributed by atoms with Crippen molar-refractivity contribution in [2.24, 2.45) is 0 Å². The van der Waals surface area contributed by atoms with Gasteiger partial charge >= 0.3 is 12.1 Å². The number of amides is 1. The average molecular weight is 320 g/mol. The Balaban J connectivity index is 2.12. The minimum Gasteiger partial charge on any atom is -0.442 e. The van der Waals surface area contributed by atoms with Crippen molar-refractivity contribution < 1.29 is 19.2 Å². The van der Waals surface area contributed by atoms with E-state index < -0.39 is 17.7 Å². The van der Waals surface area contributed by atoms with E-state index in [9.17, 15) is 9.59 Å². The third-order valence-electron chi connectivity index (χ3n) is 3.40. The number of rotatable bonds is 2. The molecule has 0 aromatic heterocycles. The minimum absolute atomic E-state index is 0.182. The molecule has 23 heavy (non-hydrogen) atoms. The van der Waals surface area contributed by atoms with Gasteiger partial charge in [0.25, 0.3) is 0 Å². The number of ether oxygens (including phenoxy) is 1. The number of benzene rings is 1. The van der Waals surface area contributed by atoms with Crippen molar-refractivity contribution in [1.82, 2.24) is 10.4 Å². The molecule has 0 bridgehead atoms. The summed E-state index contributed by atoms with van der Waals surface area (Å²) in [6, 6.07) is 8.43. The smallest absolute Gasteiger partial charge is 0.442 e. The maximum atomic E-state index is 12.4. The lowest BCUT2D eigenvalue weighted by Crippen LogP contribution is -2.48. The third-order valence-corrected chi connectivity index (χ3v) is 3.40. The molecule has 2 rings (SSSR count). The summed E-state index contributed by atoms with van der Waals surface area (Å²) in [7, 11) is 0. The number of nitrogens with zero attached hydrogens (tertiary/aromatic N) is 1. The molecule has 0 saturated carbocycles. The summed E-state index contributed by atoms with van der Waals surface area (Å²) in [5, 5.41) is 4.32. The molecule has 1 aliphatic rings. The molecule has 1 aromatic rings. The van der Waals surface area contributed by atoms with Gasteiger partial charge in [-0.15, -0.1) is 5.06 Å². The fraction of sp³-hybridized carbons (Fsp3) is 0.529. The molecule has 1 heterocycles. The zero-order chi connectivity index (χ0) is 16.9. The van der Waals surface area contributed by atoms with Crippen LogP contribution in [0.25, 0.3) is 0 Å². The summed E-state index contributed by atoms with van der Waals surface area (Å²) in [6.07, 6.45) is 0.788. The van der Waals surface area contributed by atoms with Crippen LogP contribution < -0.4 is 5.32 Å². The zero-order valence-corrected chi connectivity index (χ0v) is 13.9. The van der Waals surface area contributed by atoms with Crippen LogP contribution in [0.2, 0.25) is 0 Å². The number of piperidine rings is 1. The second-order valence-corrected chi connectivity index (χ2v) is 6.53. The highest BCUT2D eigenvalue weighted by molar-refractivity contribution is 5.89. The van der Waals surface area contributed by atoms with Crippen LogP contribution in [0, 0.1) is 0 Å². The highest BCUT2D eigenvalue weighted by Gasteiger charge is 2.33. The molecule has 0 atom stereocenters. The molecule has 1 aliphatic heterocycles. The standard InChI is InChI=1S/C17H24N2O4/c1-17(2,3)22-16(21)19(14-9-11-18-12-10-14)23-15(20)13-7-5-4-6-8-13/h4-8,14,18H,9-12H2,1-3H3. The maximum absolute atomic E-state index is 12.4. The van der Waals surface area contributed by atoms with Gasteiger partial charge < -0.3 is 14.9 Å². The number of hydrogen-bond acceptors (Lipinski definition) is 5. The highest BCUT2D eigenvalue weighted by atomic mass is 16.8. The van der Waals surface area contributed by atoms with E-state index in [1.54, 1.807) is 45.0 Å². The van der Waals surface area contributed by atoms with Crippen molar-refractivity contribution in [3.63, 3.8) is 0 Å². The van der Waals surface area contributed by atoms with Crippen LogP contribution in [-0.4, -0.2) is 41.9 Å². The SMILES string of the molecule is CC(C)(C)OC(=O)N(OC(=O)c1ccccc1)C1CCNCC1. The molecular formula is C17H24N2O4. The van der Waals surface area contributed by atoms with Crippen molar-refractivity contribution in [3.05, 3.63) is 35.9 Å². The molecule has 6 nitrogen and oxygen atoms in total. The predicted octanol–water partition coefficient (Wildman–Crippen LogP) is 2.75. The fourth-order valence-electron chi connectivity index (χ4n) is 2.33. The summed E-state index contributed by atoms with van der Waals surface area (Å²) in [4.78, 5) is 30.1. The Bertz CT molecular complexity index is 533. The maximum Gasteiger partial charge on any atom is 0.444 e. The van der Waals surface area contributed by atoms with Gasteiger partial charge in [0, 0.05) is 0 Å². The Morgan fingerprint density at radius 1 is 1.13 bits per heavy atom. The molecule has 1 N–H and O–H groups in total. The molecule has 0 radical (unpaired) electrons. The fourth-order valence-corrected chi connectivity index (χ4v) is 2.33. The van der Waals surface area contributed by atoms with Crippen LogP contribution in [-0.2, 0) is 9.57 Å². The lowest BCUT2D eigenvalue weighted by molar-refractivity contribution is -0.134. The molecule has 126 valence electrons. The summed E-state index contributed by atoms with van der Waals surface area (Å²) >= 11 is 0. The number of hydrogen-bond donors (Lipinski definition) is 1. The van der Waals surface area contributed by atoms with Crippen molar-refractivity contribution in [1.29, 1.82) is 0 Å². The monoisotopic (exact) mass is 320 g/mol. The number of hydroxylamine groups is 2. The average Bonchev–Trinajstić information content (AvgIpc) is 2.52. The number of carbonyl (C=O) groups is 2. The van der Waals surface area contributed by atoms with Gasteiger partial charge in [0.1, 0.15) is 5.60 Å². The van der Waals surface area contributed by atoms with Gasteiger partial charge in [-0.25, -0.2) is 9.59 Å². The Morgan fingerprint density at radius 2 is 1.74 bits per heavy atom. The second kappa shape index (κ2) is 7.46. The van der Waals surface area contributed by atoms with E-state index in [2.05, 4.69) is 5.32 Å². The first-order chi connectivity index (χ1) is 10.9. The molecule has 1 aromatic carbocycles. The highest BCUT2D eigenvalue weighted by Crippen LogP contribution is 2.18. The van der Waals surface area contributed by atoms with Crippen molar-refractivity contribution in [3.8, 4) is 0 Å². The summed E-state index contributed by atoms with van der Waals surface area (Å²) in [6.45, 7) is 6.89. The molecular weight excluding hydrogens is 296 g/mol. The second-order valence-electron chi connectivity index (χ2n) is 6.53. The third kappa shape index (κ3) is 5.25. The first-order valence-electron chi connectivity index (χ1n) is 7.87. The van der Waals surface area contributed by atoms with Crippen molar-refractivity contribution in [2.45, 2.75) is 45.3 Å². The summed E-state index contributed by atoms with van der Waals surface area (Å²) in [5.41, 5.74) is -0.253. The quantitative estimate of drug-likeness (QED) is 0.849. The Hall–Kier alpha value is -2.08. The van der Waals surface area contributed by atoms with Gasteiger partial charge in [-0.05, 0) is 58.8 Å². The zero-order valence-electron chi connectivity index (χ0n) is 13.9. The van der Waals surface area contributed by atoms with Crippen LogP contribution >= 0.6 is 0 Å². The Labute approximate surface area is 136 Å². The molecule has 1 fully saturated rings. The van der Waals surface area contributed by atoms with Gasteiger partial charge in [-0.3, -0.25) is 0 Å². The topological polar surface area (TPSA) is 67.9 Å². The van der Waals surface area contributed by atoms with E-state index in [-0.39, 0.29) is 6.04 Å². The largest absolute Gasteiger partial charge is 0.444 e. The Morgan fingerprint density at radius 3 is 2.30 bits per heavy atom. The van der Waals surface area contributed by atoms with Crippen LogP contribution in [0.15, 0.2) is 30.3 Å². The van der Waals surface area contributed by atoms with Crippen LogP contribution in [0.3, 0.4) is 0 Å². The summed E-state index contributed by atoms with van der Waals surface area (Å²) < 4.78 is 5.38. The minimum atomic E-state index is -0.651. The first kappa shape index (κ1) is 17.3. The first-order valence-corrected chi connectivity index (χ1v) is 7.87. The van der Waals surface area contributed by atoms with Gasteiger partial charge in [0.05, 0.1) is 11.6 Å². The number of carbonyl (C=O) groups excluding carboxylic acids is 2. The molecule has 1 amide bonds. The molecule has 6 heteroatoms. The lowest BCUT2D eigenvalue weighted by Gasteiger charge is -2.33. The van der Waals surface area contributed by atoms with Crippen LogP contribution in [0.5, 0.6) is 0 Å². The molecule has 1 saturated heterocycles. The Kier molecular flexibility index (Phi) is 5.60. The summed E-state index contributed by atoms with van der Waals surface area (Å²) in [5.74, 6) is -0.560. The predicted molar refractivity (Wildman–Crippen MR) is 85.8 cm³/mol. The van der Waals surface area contributed by atoms with Crippen molar-refractivity contribution in [2.75, 3.05) is 13.1 Å². The normalized spacial score (nSPS) is 15.8. The van der Waals surface area contributed by atoms with E-state index in [0.29, 0.717) is 18.4 Å². The van der Waals surface area contributed by atoms with Gasteiger partial charge in [-0.1, -0.05) is 18.2 Å². The van der Waals surface area contributed by atoms with E-state index in [1.165, 1.54) is 0 Å². The number of nitrogens with one attached hydrogen (secondary N) is 1. The van der Waals surface area contributed by atoms with Crippen molar-refractivity contribution >= 4 is 12.1 Å². The lowest BCUT2D eigenvalue weighted by atomic mass is 10.1. The van der Waals surface area contributed by atoms with Gasteiger partial charge in [0.15, 0.2) is 0 Å². The van der Waals surface area contributed by atoms with Gasteiger partial charge in [-0.2, -0.15) is 0 Å². The van der Waals surface area contributed by atoms with E-state index >= 15 is 0 Å². The van der Waals surface area contributed by atoms with Gasteiger partial charge in [0.2, 0.25) is 0 Å². The van der Waals surface area contributed by atoms with Crippen LogP contribution in [0.4, 0.5) is 4.79 Å². The molecule has 0 spiro atoms.